The molecule has 0 spiro atoms. The van der Waals surface area contributed by atoms with Crippen molar-refractivity contribution in [1.82, 2.24) is 19.7 Å². The third-order valence-corrected chi connectivity index (χ3v) is 4.29. The Bertz CT molecular complexity index is 823. The minimum atomic E-state index is -0.290. The van der Waals surface area contributed by atoms with Gasteiger partial charge < -0.3 is 15.2 Å². The number of nitrogens with two attached hydrogens (primary N) is 1. The van der Waals surface area contributed by atoms with Gasteiger partial charge in [0.15, 0.2) is 0 Å². The van der Waals surface area contributed by atoms with Crippen LogP contribution in [0, 0.1) is 5.92 Å². The van der Waals surface area contributed by atoms with Gasteiger partial charge in [-0.05, 0) is 24.5 Å². The normalized spacial score (nSPS) is 14.9. The number of carbonyl (C=O) groups is 1. The molecule has 0 atom stereocenters. The van der Waals surface area contributed by atoms with Crippen molar-refractivity contribution in [2.45, 2.75) is 20.3 Å². The van der Waals surface area contributed by atoms with Crippen LogP contribution >= 0.6 is 0 Å². The van der Waals surface area contributed by atoms with E-state index in [1.807, 2.05) is 30.3 Å². The van der Waals surface area contributed by atoms with Gasteiger partial charge in [0.05, 0.1) is 13.2 Å². The number of nitrogens with one attached hydrogen (secondary N) is 1. The second-order valence-electron chi connectivity index (χ2n) is 6.72. The number of H-pyrrole nitrogens is 1. The molecule has 2 heterocycles. The molecule has 9 heteroatoms. The Morgan fingerprint density at radius 1 is 1.31 bits per heavy atom. The van der Waals surface area contributed by atoms with E-state index >= 15 is 0 Å². The Hall–Kier alpha value is -2.91. The zero-order chi connectivity index (χ0) is 21.1. The lowest BCUT2D eigenvalue weighted by Crippen LogP contribution is -2.36. The maximum absolute atomic E-state index is 12.3. The van der Waals surface area contributed by atoms with Crippen molar-refractivity contribution in [3.8, 4) is 11.8 Å². The predicted octanol–water partition coefficient (Wildman–Crippen LogP) is 1.68. The molecule has 9 nitrogen and oxygen atoms in total. The lowest BCUT2D eigenvalue weighted by atomic mass is 10.1. The molecule has 3 rings (SSSR count). The third-order valence-electron chi connectivity index (χ3n) is 4.29. The van der Waals surface area contributed by atoms with Gasteiger partial charge in [-0.2, -0.15) is 4.68 Å². The van der Waals surface area contributed by atoms with Crippen LogP contribution in [0.1, 0.15) is 20.3 Å². The van der Waals surface area contributed by atoms with Crippen molar-refractivity contribution in [2.24, 2.45) is 11.7 Å². The van der Waals surface area contributed by atoms with Gasteiger partial charge in [0.25, 0.3) is 0 Å². The second kappa shape index (κ2) is 11.8. The highest BCUT2D eigenvalue weighted by Crippen LogP contribution is 2.19. The summed E-state index contributed by atoms with van der Waals surface area (Å²) >= 11 is 0. The van der Waals surface area contributed by atoms with E-state index < -0.39 is 0 Å². The minimum Gasteiger partial charge on any atom is -0.425 e. The maximum atomic E-state index is 12.3. The summed E-state index contributed by atoms with van der Waals surface area (Å²) in [6.45, 7) is 8.56. The number of carbonyl (C=O) groups excluding carboxylic acids is 1. The average molecular weight is 403 g/mol. The fourth-order valence-electron chi connectivity index (χ4n) is 2.91. The number of primary amides is 1. The van der Waals surface area contributed by atoms with Gasteiger partial charge in [-0.25, -0.2) is 4.79 Å². The highest BCUT2D eigenvalue weighted by Gasteiger charge is 2.15. The predicted molar refractivity (Wildman–Crippen MR) is 111 cm³/mol. The van der Waals surface area contributed by atoms with E-state index in [0.29, 0.717) is 5.75 Å². The molecule has 1 amide bonds. The molecule has 0 aliphatic carbocycles. The SMILES string of the molecule is CC(C)/C(=C\CCN1CCOCC1)n1nc(Oc2ccccc2)[nH]c1=O.NC=O. The molecule has 2 aromatic rings. The molecule has 1 aliphatic heterocycles. The molecule has 1 saturated heterocycles. The number of nitrogens with zero attached hydrogens (tertiary/aromatic N) is 3. The summed E-state index contributed by atoms with van der Waals surface area (Å²) in [6, 6.07) is 9.48. The summed E-state index contributed by atoms with van der Waals surface area (Å²) in [5.41, 5.74) is 4.75. The largest absolute Gasteiger partial charge is 0.425 e. The lowest BCUT2D eigenvalue weighted by molar-refractivity contribution is -0.106. The third kappa shape index (κ3) is 7.20. The molecule has 0 bridgehead atoms. The standard InChI is InChI=1S/C19H26N4O3.CH3NO/c1-15(2)17(9-6-10-22-11-13-25-14-12-22)23-19(24)20-18(21-23)26-16-7-4-3-5-8-16;2-1-3/h3-5,7-9,15H,6,10-14H2,1-2H3,(H,20,21,24);1H,(H2,2,3)/b17-9+;. The first kappa shape index (κ1) is 22.4. The van der Waals surface area contributed by atoms with E-state index in [4.69, 9.17) is 14.3 Å². The van der Waals surface area contributed by atoms with Crippen LogP contribution in [0.5, 0.6) is 11.8 Å². The van der Waals surface area contributed by atoms with E-state index in [-0.39, 0.29) is 24.0 Å². The van der Waals surface area contributed by atoms with Gasteiger partial charge in [-0.3, -0.25) is 14.7 Å². The minimum absolute atomic E-state index is 0.172. The number of morpholine rings is 1. The summed E-state index contributed by atoms with van der Waals surface area (Å²) < 4.78 is 12.4. The molecular formula is C20H29N5O4. The first-order chi connectivity index (χ1) is 14.0. The molecule has 0 radical (unpaired) electrons. The highest BCUT2D eigenvalue weighted by molar-refractivity contribution is 5.45. The number of aromatic amines is 1. The van der Waals surface area contributed by atoms with E-state index in [9.17, 15) is 4.79 Å². The Labute approximate surface area is 170 Å². The summed E-state index contributed by atoms with van der Waals surface area (Å²) in [4.78, 5) is 26.0. The molecule has 3 N–H and O–H groups in total. The Morgan fingerprint density at radius 3 is 2.59 bits per heavy atom. The van der Waals surface area contributed by atoms with Crippen LogP contribution in [0.25, 0.3) is 5.70 Å². The van der Waals surface area contributed by atoms with Crippen molar-refractivity contribution < 1.29 is 14.3 Å². The molecule has 29 heavy (non-hydrogen) atoms. The van der Waals surface area contributed by atoms with Gasteiger partial charge in [0, 0.05) is 25.3 Å². The Morgan fingerprint density at radius 2 is 1.97 bits per heavy atom. The number of aromatic nitrogens is 3. The van der Waals surface area contributed by atoms with Crippen LogP contribution in [0.3, 0.4) is 0 Å². The second-order valence-corrected chi connectivity index (χ2v) is 6.72. The summed E-state index contributed by atoms with van der Waals surface area (Å²) in [7, 11) is 0. The average Bonchev–Trinajstić information content (AvgIpc) is 3.07. The molecule has 1 aliphatic rings. The molecule has 0 saturated carbocycles. The summed E-state index contributed by atoms with van der Waals surface area (Å²) in [5, 5.41) is 4.32. The molecule has 1 aromatic carbocycles. The van der Waals surface area contributed by atoms with E-state index in [2.05, 4.69) is 40.6 Å². The number of benzene rings is 1. The first-order valence-electron chi connectivity index (χ1n) is 9.63. The number of amides is 1. The Balaban J connectivity index is 0.000000941. The van der Waals surface area contributed by atoms with E-state index in [0.717, 1.165) is 45.0 Å². The summed E-state index contributed by atoms with van der Waals surface area (Å²) in [5.74, 6) is 0.807. The lowest BCUT2D eigenvalue weighted by Gasteiger charge is -2.26. The van der Waals surface area contributed by atoms with E-state index in [1.165, 1.54) is 4.68 Å². The number of allylic oxidation sites excluding steroid dienone is 1. The quantitative estimate of drug-likeness (QED) is 0.680. The molecule has 1 fully saturated rings. The number of para-hydroxylation sites is 1. The van der Waals surface area contributed by atoms with Crippen molar-refractivity contribution in [3.05, 3.63) is 46.9 Å². The first-order valence-corrected chi connectivity index (χ1v) is 9.63. The van der Waals surface area contributed by atoms with Crippen LogP contribution in [-0.4, -0.2) is 58.9 Å². The topological polar surface area (TPSA) is 115 Å². The van der Waals surface area contributed by atoms with Crippen molar-refractivity contribution in [2.75, 3.05) is 32.8 Å². The van der Waals surface area contributed by atoms with Gasteiger partial charge in [0.2, 0.25) is 6.41 Å². The van der Waals surface area contributed by atoms with Gasteiger partial charge in [0.1, 0.15) is 5.75 Å². The molecule has 0 unspecified atom stereocenters. The molecular weight excluding hydrogens is 374 g/mol. The van der Waals surface area contributed by atoms with Crippen LogP contribution in [0.15, 0.2) is 41.2 Å². The van der Waals surface area contributed by atoms with Gasteiger partial charge in [-0.1, -0.05) is 38.1 Å². The molecule has 1 aromatic heterocycles. The molecule has 158 valence electrons. The fourth-order valence-corrected chi connectivity index (χ4v) is 2.91. The Kier molecular flexibility index (Phi) is 9.13. The number of hydrogen-bond acceptors (Lipinski definition) is 6. The van der Waals surface area contributed by atoms with Crippen LogP contribution in [0.4, 0.5) is 0 Å². The van der Waals surface area contributed by atoms with Gasteiger partial charge in [-0.15, -0.1) is 5.10 Å². The van der Waals surface area contributed by atoms with Gasteiger partial charge >= 0.3 is 11.7 Å². The van der Waals surface area contributed by atoms with Crippen LogP contribution in [0.2, 0.25) is 0 Å². The summed E-state index contributed by atoms with van der Waals surface area (Å²) in [6.07, 6.45) is 3.20. The number of ether oxygens (including phenoxy) is 2. The number of hydrogen-bond donors (Lipinski definition) is 2. The van der Waals surface area contributed by atoms with Crippen molar-refractivity contribution >= 4 is 12.1 Å². The highest BCUT2D eigenvalue weighted by atomic mass is 16.5. The number of rotatable bonds is 7. The monoisotopic (exact) mass is 403 g/mol. The van der Waals surface area contributed by atoms with Crippen LogP contribution in [-0.2, 0) is 9.53 Å². The zero-order valence-corrected chi connectivity index (χ0v) is 16.9. The fraction of sp³-hybridized carbons (Fsp3) is 0.450. The zero-order valence-electron chi connectivity index (χ0n) is 16.9. The van der Waals surface area contributed by atoms with Crippen molar-refractivity contribution in [1.29, 1.82) is 0 Å². The van der Waals surface area contributed by atoms with E-state index in [1.54, 1.807) is 0 Å². The maximum Gasteiger partial charge on any atom is 0.350 e. The van der Waals surface area contributed by atoms with Crippen LogP contribution < -0.4 is 16.2 Å². The van der Waals surface area contributed by atoms with Crippen molar-refractivity contribution in [3.63, 3.8) is 0 Å². The smallest absolute Gasteiger partial charge is 0.350 e.